The van der Waals surface area contributed by atoms with Gasteiger partial charge in [0.2, 0.25) is 5.91 Å². The van der Waals surface area contributed by atoms with E-state index < -0.39 is 0 Å². The highest BCUT2D eigenvalue weighted by molar-refractivity contribution is 8.65. The van der Waals surface area contributed by atoms with E-state index in [0.29, 0.717) is 13.0 Å². The Morgan fingerprint density at radius 3 is 3.20 bits per heavy atom. The van der Waals surface area contributed by atoms with Crippen LogP contribution < -0.4 is 5.32 Å². The van der Waals surface area contributed by atoms with Crippen LogP contribution in [0.1, 0.15) is 32.1 Å². The Hall–Kier alpha value is -0.530. The fraction of sp³-hybridized carbons (Fsp3) is 0.636. The molecule has 1 aliphatic rings. The van der Waals surface area contributed by atoms with Gasteiger partial charge in [0, 0.05) is 12.8 Å². The molecule has 0 aromatic heterocycles. The van der Waals surface area contributed by atoms with Crippen molar-refractivity contribution in [3.63, 3.8) is 0 Å². The van der Waals surface area contributed by atoms with E-state index >= 15 is 0 Å². The average molecular weight is 242 g/mol. The van der Waals surface area contributed by atoms with Gasteiger partial charge < -0.3 is 5.32 Å². The average Bonchev–Trinajstić information content (AvgIpc) is 2.74. The van der Waals surface area contributed by atoms with Crippen molar-refractivity contribution in [1.29, 1.82) is 0 Å². The van der Waals surface area contributed by atoms with Gasteiger partial charge in [0.1, 0.15) is 0 Å². The van der Waals surface area contributed by atoms with Gasteiger partial charge in [-0.3, -0.25) is 4.79 Å². The quantitative estimate of drug-likeness (QED) is 0.252. The van der Waals surface area contributed by atoms with E-state index in [1.807, 2.05) is 21.2 Å². The number of carbonyl (C=O) groups is 1. The fourth-order valence-corrected chi connectivity index (χ4v) is 3.94. The van der Waals surface area contributed by atoms with Crippen molar-refractivity contribution in [3.8, 4) is 12.3 Å². The first-order valence-corrected chi connectivity index (χ1v) is 7.44. The topological polar surface area (TPSA) is 29.1 Å². The van der Waals surface area contributed by atoms with Crippen molar-refractivity contribution in [2.75, 3.05) is 6.54 Å². The third-order valence-electron chi connectivity index (χ3n) is 2.19. The van der Waals surface area contributed by atoms with Gasteiger partial charge in [0.05, 0.1) is 11.8 Å². The summed E-state index contributed by atoms with van der Waals surface area (Å²) in [5.74, 6) is 2.47. The number of hydrogen-bond acceptors (Lipinski definition) is 2. The number of nitrogens with one attached hydrogen (secondary N) is 1. The van der Waals surface area contributed by atoms with Crippen LogP contribution in [-0.2, 0) is 15.2 Å². The number of terminal acetylenes is 1. The van der Waals surface area contributed by atoms with E-state index in [4.69, 9.17) is 6.42 Å². The molecule has 82 valence electrons. The Balaban J connectivity index is 1.92. The third kappa shape index (κ3) is 5.81. The Morgan fingerprint density at radius 2 is 2.53 bits per heavy atom. The highest BCUT2D eigenvalue weighted by atomic mass is 33.1. The van der Waals surface area contributed by atoms with Crippen LogP contribution >= 0.6 is 10.8 Å². The summed E-state index contributed by atoms with van der Waals surface area (Å²) in [5.41, 5.74) is 0. The lowest BCUT2D eigenvalue weighted by Crippen LogP contribution is -2.22. The highest BCUT2D eigenvalue weighted by Crippen LogP contribution is 2.23. The lowest BCUT2D eigenvalue weighted by Gasteiger charge is -2.03. The number of carbonyl (C=O) groups excluding carboxylic acids is 1. The molecule has 1 atom stereocenters. The summed E-state index contributed by atoms with van der Waals surface area (Å²) in [6.07, 6.45) is 10.2. The van der Waals surface area contributed by atoms with Crippen molar-refractivity contribution in [1.82, 2.24) is 5.32 Å². The standard InChI is InChI=1S/C11H15NOS2/c1-2-8-12-11(13)6-4-3-5-10-7-9-14-15-10/h1,9-10H,3-8H2/p+1/t10-/m0/s1. The van der Waals surface area contributed by atoms with E-state index in [0.717, 1.165) is 18.1 Å². The summed E-state index contributed by atoms with van der Waals surface area (Å²) in [5, 5.41) is 5.70. The van der Waals surface area contributed by atoms with Crippen LogP contribution in [0.5, 0.6) is 0 Å². The number of unbranched alkanes of at least 4 members (excludes halogenated alkanes) is 1. The molecular formula is C11H16NOS2+. The molecule has 1 rings (SSSR count). The molecule has 0 saturated carbocycles. The Bertz CT molecular complexity index is 262. The Kier molecular flexibility index (Phi) is 6.45. The molecule has 2 nitrogen and oxygen atoms in total. The molecule has 0 unspecified atom stereocenters. The predicted octanol–water partition coefficient (Wildman–Crippen LogP) is 1.60. The van der Waals surface area contributed by atoms with E-state index in [1.165, 1.54) is 12.8 Å². The summed E-state index contributed by atoms with van der Waals surface area (Å²) >= 11 is 0. The number of hydrogen-bond donors (Lipinski definition) is 1. The van der Waals surface area contributed by atoms with Crippen molar-refractivity contribution in [3.05, 3.63) is 0 Å². The molecule has 15 heavy (non-hydrogen) atoms. The van der Waals surface area contributed by atoms with Gasteiger partial charge in [-0.2, -0.15) is 0 Å². The smallest absolute Gasteiger partial charge is 0.256 e. The molecule has 0 saturated heterocycles. The van der Waals surface area contributed by atoms with Gasteiger partial charge >= 0.3 is 0 Å². The van der Waals surface area contributed by atoms with E-state index in [-0.39, 0.29) is 5.91 Å². The van der Waals surface area contributed by atoms with Crippen LogP contribution in [0.4, 0.5) is 0 Å². The highest BCUT2D eigenvalue weighted by Gasteiger charge is 2.21. The number of amides is 1. The molecule has 0 aromatic carbocycles. The largest absolute Gasteiger partial charge is 0.345 e. The van der Waals surface area contributed by atoms with Gasteiger partial charge in [-0.25, -0.2) is 0 Å². The summed E-state index contributed by atoms with van der Waals surface area (Å²) in [7, 11) is 3.80. The summed E-state index contributed by atoms with van der Waals surface area (Å²) in [6.45, 7) is 0.350. The van der Waals surface area contributed by atoms with Gasteiger partial charge in [0.15, 0.2) is 16.2 Å². The Morgan fingerprint density at radius 1 is 1.67 bits per heavy atom. The second kappa shape index (κ2) is 7.72. The molecule has 0 aliphatic carbocycles. The van der Waals surface area contributed by atoms with Crippen LogP contribution in [-0.4, -0.2) is 23.1 Å². The van der Waals surface area contributed by atoms with Crippen LogP contribution in [0.3, 0.4) is 0 Å². The van der Waals surface area contributed by atoms with Crippen LogP contribution in [0.25, 0.3) is 0 Å². The summed E-state index contributed by atoms with van der Waals surface area (Å²) in [6, 6.07) is 0. The van der Waals surface area contributed by atoms with Crippen LogP contribution in [0.15, 0.2) is 0 Å². The summed E-state index contributed by atoms with van der Waals surface area (Å²) < 4.78 is 0. The first kappa shape index (κ1) is 12.5. The van der Waals surface area contributed by atoms with Crippen LogP contribution in [0.2, 0.25) is 0 Å². The van der Waals surface area contributed by atoms with Gasteiger partial charge in [-0.1, -0.05) is 12.3 Å². The SMILES string of the molecule is C#CCNC(=O)CCCC[C@H]1CC=[S+]S1. The Labute approximate surface area is 98.9 Å². The summed E-state index contributed by atoms with van der Waals surface area (Å²) in [4.78, 5) is 11.2. The molecule has 0 spiro atoms. The second-order valence-corrected chi connectivity index (χ2v) is 5.98. The van der Waals surface area contributed by atoms with E-state index in [9.17, 15) is 4.79 Å². The maximum Gasteiger partial charge on any atom is 0.256 e. The lowest BCUT2D eigenvalue weighted by atomic mass is 10.1. The van der Waals surface area contributed by atoms with Crippen molar-refractivity contribution in [2.45, 2.75) is 37.4 Å². The molecule has 0 radical (unpaired) electrons. The van der Waals surface area contributed by atoms with Crippen LogP contribution in [0, 0.1) is 12.3 Å². The maximum atomic E-state index is 11.2. The molecule has 0 bridgehead atoms. The zero-order valence-corrected chi connectivity index (χ0v) is 10.3. The third-order valence-corrected chi connectivity index (χ3v) is 4.88. The predicted molar refractivity (Wildman–Crippen MR) is 69.7 cm³/mol. The monoisotopic (exact) mass is 242 g/mol. The first-order chi connectivity index (χ1) is 7.33. The molecule has 4 heteroatoms. The van der Waals surface area contributed by atoms with Gasteiger partial charge in [0.25, 0.3) is 10.4 Å². The molecule has 1 aliphatic heterocycles. The number of rotatable bonds is 6. The molecule has 1 N–H and O–H groups in total. The minimum absolute atomic E-state index is 0.0768. The molecule has 0 fully saturated rings. The van der Waals surface area contributed by atoms with Gasteiger partial charge in [-0.05, 0) is 12.8 Å². The van der Waals surface area contributed by atoms with Crippen molar-refractivity contribution >= 4 is 32.5 Å². The van der Waals surface area contributed by atoms with E-state index in [2.05, 4.69) is 16.6 Å². The second-order valence-electron chi connectivity index (χ2n) is 3.44. The minimum Gasteiger partial charge on any atom is -0.345 e. The van der Waals surface area contributed by atoms with Crippen molar-refractivity contribution < 1.29 is 4.79 Å². The first-order valence-electron chi connectivity index (χ1n) is 5.17. The zero-order chi connectivity index (χ0) is 10.9. The normalized spacial score (nSPS) is 18.7. The van der Waals surface area contributed by atoms with Crippen molar-refractivity contribution in [2.24, 2.45) is 0 Å². The zero-order valence-electron chi connectivity index (χ0n) is 8.70. The minimum atomic E-state index is 0.0768. The fourth-order valence-electron chi connectivity index (χ4n) is 1.37. The van der Waals surface area contributed by atoms with E-state index in [1.54, 1.807) is 0 Å². The molecule has 1 amide bonds. The lowest BCUT2D eigenvalue weighted by molar-refractivity contribution is -0.120. The maximum absolute atomic E-state index is 11.2. The molecule has 1 heterocycles. The molecule has 0 aromatic rings. The van der Waals surface area contributed by atoms with Gasteiger partial charge in [-0.15, -0.1) is 6.42 Å². The molecular weight excluding hydrogens is 226 g/mol.